The van der Waals surface area contributed by atoms with Crippen LogP contribution < -0.4 is 4.57 Å². The number of nitrogens with zero attached hydrogens (tertiary/aromatic N) is 1. The van der Waals surface area contributed by atoms with Crippen LogP contribution in [0.3, 0.4) is 0 Å². The van der Waals surface area contributed by atoms with Crippen LogP contribution in [0.15, 0.2) is 48.6 Å². The molecule has 1 heterocycles. The molecule has 0 saturated carbocycles. The first kappa shape index (κ1) is 8.28. The molecule has 0 saturated heterocycles. The van der Waals surface area contributed by atoms with Crippen LogP contribution in [0.25, 0.3) is 21.5 Å². The maximum Gasteiger partial charge on any atom is 0.186 e. The van der Waals surface area contributed by atoms with Crippen LogP contribution in [0.4, 0.5) is 0 Å². The van der Waals surface area contributed by atoms with Crippen LogP contribution in [0.1, 0.15) is 7.06 Å². The van der Waals surface area contributed by atoms with Crippen LogP contribution in [-0.4, -0.2) is 0 Å². The Labute approximate surface area is 96.4 Å². The number of hydrogen-bond donors (Lipinski definition) is 0. The van der Waals surface area contributed by atoms with Gasteiger partial charge in [-0.05, 0) is 16.2 Å². The van der Waals surface area contributed by atoms with Crippen molar-refractivity contribution in [1.82, 2.24) is 0 Å². The lowest BCUT2D eigenvalue weighted by atomic mass is 10.0. The molecule has 1 aromatic heterocycles. The van der Waals surface area contributed by atoms with Crippen molar-refractivity contribution in [3.05, 3.63) is 54.3 Å². The van der Waals surface area contributed by atoms with E-state index in [9.17, 15) is 0 Å². The van der Waals surface area contributed by atoms with Gasteiger partial charge in [0.2, 0.25) is 0 Å². The lowest BCUT2D eigenvalue weighted by Crippen LogP contribution is -2.31. The molecule has 0 aliphatic carbocycles. The number of aryl methyl sites for hydroxylation is 2. The van der Waals surface area contributed by atoms with E-state index in [2.05, 4.69) is 42.0 Å². The minimum absolute atomic E-state index is 0.599. The van der Waals surface area contributed by atoms with Crippen molar-refractivity contribution in [2.75, 3.05) is 0 Å². The van der Waals surface area contributed by atoms with Crippen LogP contribution in [0.2, 0.25) is 0 Å². The van der Waals surface area contributed by atoms with Crippen molar-refractivity contribution in [3.63, 3.8) is 0 Å². The van der Waals surface area contributed by atoms with Crippen LogP contribution in [0, 0.1) is 6.92 Å². The second kappa shape index (κ2) is 3.31. The number of rotatable bonds is 0. The van der Waals surface area contributed by atoms with E-state index in [1.165, 1.54) is 16.5 Å². The predicted molar refractivity (Wildman–Crippen MR) is 67.4 cm³/mol. The molecule has 0 unspecified atom stereocenters. The minimum Gasteiger partial charge on any atom is -0.205 e. The van der Waals surface area contributed by atoms with E-state index >= 15 is 0 Å². The van der Waals surface area contributed by atoms with Gasteiger partial charge < -0.3 is 0 Å². The Hall–Kier alpha value is -1.89. The Balaban J connectivity index is 2.67. The molecular formula is C15H14N+. The van der Waals surface area contributed by atoms with E-state index in [1.807, 2.05) is 19.2 Å². The topological polar surface area (TPSA) is 3.88 Å². The highest BCUT2D eigenvalue weighted by Gasteiger charge is 2.09. The monoisotopic (exact) mass is 210 g/mol. The number of fused-ring (bicyclic) bond motifs is 3. The largest absolute Gasteiger partial charge is 0.205 e. The van der Waals surface area contributed by atoms with E-state index in [4.69, 9.17) is 1.37 Å². The molecule has 0 bridgehead atoms. The second-order valence-corrected chi connectivity index (χ2v) is 4.18. The molecule has 1 heteroatoms. The van der Waals surface area contributed by atoms with Crippen molar-refractivity contribution in [2.45, 2.75) is 6.92 Å². The maximum absolute atomic E-state index is 8.10. The highest BCUT2D eigenvalue weighted by Crippen LogP contribution is 2.25. The molecule has 0 aliphatic heterocycles. The van der Waals surface area contributed by atoms with Crippen LogP contribution >= 0.6 is 0 Å². The Morgan fingerprint density at radius 2 is 1.88 bits per heavy atom. The van der Waals surface area contributed by atoms with Gasteiger partial charge in [-0.3, -0.25) is 0 Å². The summed E-state index contributed by atoms with van der Waals surface area (Å²) >= 11 is 0. The smallest absolute Gasteiger partial charge is 0.186 e. The van der Waals surface area contributed by atoms with Gasteiger partial charge in [0.15, 0.2) is 11.9 Å². The summed E-state index contributed by atoms with van der Waals surface area (Å²) in [5.74, 6) is 0. The standard InChI is InChI=1S/C15H14N/c1-11-15-13(9-10-16(11)2)8-7-12-5-3-4-6-14(12)15/h3-10H,1-2H3/q+1/i6T. The van der Waals surface area contributed by atoms with Gasteiger partial charge in [-0.2, -0.15) is 0 Å². The summed E-state index contributed by atoms with van der Waals surface area (Å²) in [6.45, 7) is 2.11. The second-order valence-electron chi connectivity index (χ2n) is 4.18. The third-order valence-corrected chi connectivity index (χ3v) is 3.24. The van der Waals surface area contributed by atoms with Gasteiger partial charge in [-0.25, -0.2) is 4.57 Å². The summed E-state index contributed by atoms with van der Waals surface area (Å²) in [5.41, 5.74) is 1.20. The van der Waals surface area contributed by atoms with E-state index in [0.29, 0.717) is 6.04 Å². The van der Waals surface area contributed by atoms with E-state index in [-0.39, 0.29) is 0 Å². The quantitative estimate of drug-likeness (QED) is 0.396. The number of hydrogen-bond acceptors (Lipinski definition) is 0. The molecular weight excluding hydrogens is 194 g/mol. The Morgan fingerprint density at radius 1 is 1.06 bits per heavy atom. The number of pyridine rings is 1. The Bertz CT molecular complexity index is 732. The first-order chi connectivity index (χ1) is 8.18. The van der Waals surface area contributed by atoms with Gasteiger partial charge in [0.05, 0.1) is 6.76 Å². The molecule has 3 rings (SSSR count). The van der Waals surface area contributed by atoms with Gasteiger partial charge in [-0.15, -0.1) is 0 Å². The molecule has 0 aliphatic rings. The predicted octanol–water partition coefficient (Wildman–Crippen LogP) is 3.13. The Morgan fingerprint density at radius 3 is 2.75 bits per heavy atom. The van der Waals surface area contributed by atoms with Crippen molar-refractivity contribution in [3.8, 4) is 0 Å². The average molecular weight is 210 g/mol. The fourth-order valence-corrected chi connectivity index (χ4v) is 2.22. The van der Waals surface area contributed by atoms with Crippen LogP contribution in [-0.2, 0) is 7.05 Å². The Kier molecular flexibility index (Phi) is 1.71. The average Bonchev–Trinajstić information content (AvgIpc) is 2.34. The molecule has 0 amide bonds. The molecule has 0 spiro atoms. The van der Waals surface area contributed by atoms with Gasteiger partial charge in [0, 0.05) is 13.0 Å². The first-order valence-electron chi connectivity index (χ1n) is 5.96. The molecule has 0 radical (unpaired) electrons. The third kappa shape index (κ3) is 1.21. The summed E-state index contributed by atoms with van der Waals surface area (Å²) < 4.78 is 10.2. The molecule has 1 nitrogen and oxygen atoms in total. The van der Waals surface area contributed by atoms with Gasteiger partial charge >= 0.3 is 0 Å². The van der Waals surface area contributed by atoms with Crippen molar-refractivity contribution < 1.29 is 5.94 Å². The normalized spacial score (nSPS) is 12.0. The minimum atomic E-state index is 0.599. The fraction of sp³-hybridized carbons (Fsp3) is 0.133. The van der Waals surface area contributed by atoms with Gasteiger partial charge in [0.25, 0.3) is 0 Å². The molecule has 3 aromatic rings. The molecule has 78 valence electrons. The van der Waals surface area contributed by atoms with Gasteiger partial charge in [0.1, 0.15) is 7.05 Å². The summed E-state index contributed by atoms with van der Waals surface area (Å²) in [5, 5.41) is 4.59. The molecule has 2 aromatic carbocycles. The molecule has 0 fully saturated rings. The SMILES string of the molecule is [3H]c1cccc2ccc3cc[n+](C)c(C)c3c12. The van der Waals surface area contributed by atoms with E-state index in [0.717, 1.165) is 10.8 Å². The molecule has 0 atom stereocenters. The molecule has 0 N–H and O–H groups in total. The molecule has 16 heavy (non-hydrogen) atoms. The number of benzene rings is 2. The maximum atomic E-state index is 8.10. The lowest BCUT2D eigenvalue weighted by Gasteiger charge is -2.04. The van der Waals surface area contributed by atoms with E-state index in [1.54, 1.807) is 0 Å². The zero-order chi connectivity index (χ0) is 12.0. The number of aromatic nitrogens is 1. The van der Waals surface area contributed by atoms with Crippen LogP contribution in [0.5, 0.6) is 0 Å². The fourth-order valence-electron chi connectivity index (χ4n) is 2.22. The first-order valence-corrected chi connectivity index (χ1v) is 5.46. The zero-order valence-electron chi connectivity index (χ0n) is 10.5. The highest BCUT2D eigenvalue weighted by molar-refractivity contribution is 6.07. The highest BCUT2D eigenvalue weighted by atomic mass is 14.9. The van der Waals surface area contributed by atoms with Crippen molar-refractivity contribution in [2.24, 2.45) is 7.05 Å². The van der Waals surface area contributed by atoms with Crippen molar-refractivity contribution >= 4 is 21.5 Å². The van der Waals surface area contributed by atoms with Crippen molar-refractivity contribution in [1.29, 1.82) is 0 Å². The summed E-state index contributed by atoms with van der Waals surface area (Å²) in [4.78, 5) is 0. The van der Waals surface area contributed by atoms with Gasteiger partial charge in [-0.1, -0.05) is 36.4 Å². The zero-order valence-corrected chi connectivity index (χ0v) is 9.49. The summed E-state index contributed by atoms with van der Waals surface area (Å²) in [6.07, 6.45) is 2.07. The lowest BCUT2D eigenvalue weighted by molar-refractivity contribution is -0.676. The summed E-state index contributed by atoms with van der Waals surface area (Å²) in [6, 6.07) is 12.8. The third-order valence-electron chi connectivity index (χ3n) is 3.24. The van der Waals surface area contributed by atoms with E-state index < -0.39 is 0 Å². The summed E-state index contributed by atoms with van der Waals surface area (Å²) in [7, 11) is 2.04.